The van der Waals surface area contributed by atoms with Gasteiger partial charge in [0.2, 0.25) is 0 Å². The highest BCUT2D eigenvalue weighted by Gasteiger charge is 2.05. The number of hydrogen-bond donors (Lipinski definition) is 0. The van der Waals surface area contributed by atoms with Crippen LogP contribution in [0.2, 0.25) is 5.02 Å². The molecule has 0 atom stereocenters. The van der Waals surface area contributed by atoms with Crippen LogP contribution in [0.5, 0.6) is 0 Å². The van der Waals surface area contributed by atoms with E-state index in [4.69, 9.17) is 11.6 Å². The standard InChI is InChI=1S/C16H13ClFN/c1-11-2-5-16-12(8-11)6-7-19(16)10-13-3-4-14(18)9-15(13)17/h2-9H,10H2,1H3. The van der Waals surface area contributed by atoms with E-state index in [1.165, 1.54) is 23.1 Å². The molecule has 0 saturated carbocycles. The monoisotopic (exact) mass is 273 g/mol. The molecule has 19 heavy (non-hydrogen) atoms. The van der Waals surface area contributed by atoms with Crippen LogP contribution in [0.25, 0.3) is 10.9 Å². The number of nitrogens with zero attached hydrogens (tertiary/aromatic N) is 1. The van der Waals surface area contributed by atoms with Crippen LogP contribution in [0.1, 0.15) is 11.1 Å². The van der Waals surface area contributed by atoms with Crippen molar-refractivity contribution in [3.8, 4) is 0 Å². The topological polar surface area (TPSA) is 4.93 Å². The van der Waals surface area contributed by atoms with Gasteiger partial charge in [-0.2, -0.15) is 0 Å². The molecule has 0 fully saturated rings. The number of fused-ring (bicyclic) bond motifs is 1. The summed E-state index contributed by atoms with van der Waals surface area (Å²) < 4.78 is 15.2. The van der Waals surface area contributed by atoms with E-state index in [2.05, 4.69) is 35.8 Å². The Balaban J connectivity index is 2.01. The van der Waals surface area contributed by atoms with Crippen molar-refractivity contribution in [3.05, 3.63) is 70.6 Å². The number of hydrogen-bond acceptors (Lipinski definition) is 0. The Hall–Kier alpha value is -1.80. The van der Waals surface area contributed by atoms with E-state index < -0.39 is 0 Å². The highest BCUT2D eigenvalue weighted by Crippen LogP contribution is 2.22. The summed E-state index contributed by atoms with van der Waals surface area (Å²) in [4.78, 5) is 0. The van der Waals surface area contributed by atoms with Crippen LogP contribution in [-0.2, 0) is 6.54 Å². The van der Waals surface area contributed by atoms with Crippen LogP contribution >= 0.6 is 11.6 Å². The lowest BCUT2D eigenvalue weighted by molar-refractivity contribution is 0.626. The SMILES string of the molecule is Cc1ccc2c(ccn2Cc2ccc(F)cc2Cl)c1. The zero-order chi connectivity index (χ0) is 13.4. The molecule has 0 radical (unpaired) electrons. The summed E-state index contributed by atoms with van der Waals surface area (Å²) in [6.45, 7) is 2.72. The molecule has 0 saturated heterocycles. The molecule has 3 heteroatoms. The van der Waals surface area contributed by atoms with E-state index in [1.807, 2.05) is 6.20 Å². The molecular formula is C16H13ClFN. The maximum Gasteiger partial charge on any atom is 0.124 e. The second-order valence-corrected chi connectivity index (χ2v) is 5.15. The van der Waals surface area contributed by atoms with Crippen molar-refractivity contribution in [2.24, 2.45) is 0 Å². The Morgan fingerprint density at radius 1 is 1.11 bits per heavy atom. The summed E-state index contributed by atoms with van der Waals surface area (Å²) in [5, 5.41) is 1.67. The molecule has 0 N–H and O–H groups in total. The fraction of sp³-hybridized carbons (Fsp3) is 0.125. The Kier molecular flexibility index (Phi) is 3.03. The average molecular weight is 274 g/mol. The lowest BCUT2D eigenvalue weighted by Crippen LogP contribution is -1.98. The van der Waals surface area contributed by atoms with E-state index >= 15 is 0 Å². The summed E-state index contributed by atoms with van der Waals surface area (Å²) in [7, 11) is 0. The molecular weight excluding hydrogens is 261 g/mol. The largest absolute Gasteiger partial charge is 0.343 e. The fourth-order valence-corrected chi connectivity index (χ4v) is 2.52. The van der Waals surface area contributed by atoms with Gasteiger partial charge in [0.15, 0.2) is 0 Å². The van der Waals surface area contributed by atoms with Crippen LogP contribution in [0.15, 0.2) is 48.7 Å². The molecule has 0 spiro atoms. The maximum absolute atomic E-state index is 13.0. The van der Waals surface area contributed by atoms with Crippen molar-refractivity contribution in [2.45, 2.75) is 13.5 Å². The summed E-state index contributed by atoms with van der Waals surface area (Å²) in [6.07, 6.45) is 2.03. The van der Waals surface area contributed by atoms with Gasteiger partial charge in [-0.25, -0.2) is 4.39 Å². The molecule has 0 aliphatic heterocycles. The summed E-state index contributed by atoms with van der Waals surface area (Å²) in [5.41, 5.74) is 3.32. The first-order valence-corrected chi connectivity index (χ1v) is 6.51. The first kappa shape index (κ1) is 12.2. The summed E-state index contributed by atoms with van der Waals surface area (Å²) in [5.74, 6) is -0.304. The van der Waals surface area contributed by atoms with Gasteiger partial charge < -0.3 is 4.57 Å². The van der Waals surface area contributed by atoms with Crippen LogP contribution < -0.4 is 0 Å². The number of rotatable bonds is 2. The molecule has 3 aromatic rings. The van der Waals surface area contributed by atoms with Gasteiger partial charge in [0.25, 0.3) is 0 Å². The number of aryl methyl sites for hydroxylation is 1. The molecule has 0 aliphatic carbocycles. The predicted molar refractivity (Wildman–Crippen MR) is 77.2 cm³/mol. The third-order valence-corrected chi connectivity index (χ3v) is 3.63. The van der Waals surface area contributed by atoms with Crippen molar-refractivity contribution in [1.82, 2.24) is 4.57 Å². The quantitative estimate of drug-likeness (QED) is 0.633. The molecule has 0 aliphatic rings. The van der Waals surface area contributed by atoms with Crippen molar-refractivity contribution in [2.75, 3.05) is 0 Å². The average Bonchev–Trinajstić information content (AvgIpc) is 2.75. The van der Waals surface area contributed by atoms with Gasteiger partial charge in [-0.05, 0) is 48.2 Å². The van der Waals surface area contributed by atoms with Crippen LogP contribution in [0.4, 0.5) is 4.39 Å². The molecule has 1 aromatic heterocycles. The van der Waals surface area contributed by atoms with Crippen molar-refractivity contribution in [3.63, 3.8) is 0 Å². The molecule has 96 valence electrons. The van der Waals surface area contributed by atoms with Crippen LogP contribution in [-0.4, -0.2) is 4.57 Å². The van der Waals surface area contributed by atoms with E-state index in [9.17, 15) is 4.39 Å². The van der Waals surface area contributed by atoms with Crippen LogP contribution in [0.3, 0.4) is 0 Å². The highest BCUT2D eigenvalue weighted by atomic mass is 35.5. The van der Waals surface area contributed by atoms with Gasteiger partial charge in [0, 0.05) is 23.3 Å². The number of aromatic nitrogens is 1. The van der Waals surface area contributed by atoms with Gasteiger partial charge in [0.05, 0.1) is 0 Å². The number of halogens is 2. The zero-order valence-electron chi connectivity index (χ0n) is 10.5. The van der Waals surface area contributed by atoms with Gasteiger partial charge in [-0.3, -0.25) is 0 Å². The number of benzene rings is 2. The molecule has 1 nitrogen and oxygen atoms in total. The van der Waals surface area contributed by atoms with Gasteiger partial charge in [0.1, 0.15) is 5.82 Å². The highest BCUT2D eigenvalue weighted by molar-refractivity contribution is 6.31. The maximum atomic E-state index is 13.0. The van der Waals surface area contributed by atoms with E-state index in [0.29, 0.717) is 11.6 Å². The van der Waals surface area contributed by atoms with E-state index in [1.54, 1.807) is 6.07 Å². The lowest BCUT2D eigenvalue weighted by atomic mass is 10.2. The summed E-state index contributed by atoms with van der Waals surface area (Å²) >= 11 is 6.07. The molecule has 0 bridgehead atoms. The minimum absolute atomic E-state index is 0.304. The second-order valence-electron chi connectivity index (χ2n) is 4.74. The van der Waals surface area contributed by atoms with E-state index in [0.717, 1.165) is 11.1 Å². The molecule has 1 heterocycles. The molecule has 0 amide bonds. The van der Waals surface area contributed by atoms with Gasteiger partial charge >= 0.3 is 0 Å². The summed E-state index contributed by atoms with van der Waals surface area (Å²) in [6, 6.07) is 13.0. The third-order valence-electron chi connectivity index (χ3n) is 3.28. The Morgan fingerprint density at radius 3 is 2.74 bits per heavy atom. The second kappa shape index (κ2) is 4.71. The van der Waals surface area contributed by atoms with Gasteiger partial charge in [-0.15, -0.1) is 0 Å². The Bertz CT molecular complexity index is 746. The normalized spacial score (nSPS) is 11.1. The van der Waals surface area contributed by atoms with Gasteiger partial charge in [-0.1, -0.05) is 29.3 Å². The van der Waals surface area contributed by atoms with Crippen molar-refractivity contribution >= 4 is 22.5 Å². The van der Waals surface area contributed by atoms with Crippen molar-refractivity contribution in [1.29, 1.82) is 0 Å². The molecule has 3 rings (SSSR count). The smallest absolute Gasteiger partial charge is 0.124 e. The fourth-order valence-electron chi connectivity index (χ4n) is 2.29. The Morgan fingerprint density at radius 2 is 1.95 bits per heavy atom. The minimum Gasteiger partial charge on any atom is -0.343 e. The van der Waals surface area contributed by atoms with Crippen molar-refractivity contribution < 1.29 is 4.39 Å². The first-order valence-electron chi connectivity index (χ1n) is 6.13. The van der Waals surface area contributed by atoms with Crippen LogP contribution in [0, 0.1) is 12.7 Å². The minimum atomic E-state index is -0.304. The molecule has 0 unspecified atom stereocenters. The Labute approximate surface area is 116 Å². The first-order chi connectivity index (χ1) is 9.13. The van der Waals surface area contributed by atoms with E-state index in [-0.39, 0.29) is 5.82 Å². The molecule has 2 aromatic carbocycles. The third kappa shape index (κ3) is 2.36. The predicted octanol–water partition coefficient (Wildman–Crippen LogP) is 4.79. The lowest BCUT2D eigenvalue weighted by Gasteiger charge is -2.08. The zero-order valence-corrected chi connectivity index (χ0v) is 11.3.